The van der Waals surface area contributed by atoms with Gasteiger partial charge in [0.15, 0.2) is 0 Å². The van der Waals surface area contributed by atoms with Crippen LogP contribution >= 0.6 is 0 Å². The Kier molecular flexibility index (Phi) is 4.27. The molecule has 1 fully saturated rings. The summed E-state index contributed by atoms with van der Waals surface area (Å²) < 4.78 is 28.5. The molecule has 1 aromatic rings. The van der Waals surface area contributed by atoms with Gasteiger partial charge in [-0.15, -0.1) is 0 Å². The van der Waals surface area contributed by atoms with Gasteiger partial charge in [0.2, 0.25) is 10.0 Å². The van der Waals surface area contributed by atoms with Gasteiger partial charge in [-0.3, -0.25) is 4.68 Å². The summed E-state index contributed by atoms with van der Waals surface area (Å²) in [7, 11) is -3.39. The van der Waals surface area contributed by atoms with E-state index in [1.165, 1.54) is 6.20 Å². The Morgan fingerprint density at radius 2 is 1.79 bits per heavy atom. The third-order valence-electron chi connectivity index (χ3n) is 3.75. The molecule has 0 spiro atoms. The van der Waals surface area contributed by atoms with Gasteiger partial charge in [-0.1, -0.05) is 6.92 Å². The standard InChI is InChI=1S/C12H22N4O2S/c1-4-14-6-8-15(9-7-14)19(17,18)12-10-13-16(5-2)11(12)3/h10H,4-9H2,1-3H3. The van der Waals surface area contributed by atoms with Crippen LogP contribution in [0.25, 0.3) is 0 Å². The van der Waals surface area contributed by atoms with Crippen LogP contribution in [0.3, 0.4) is 0 Å². The lowest BCUT2D eigenvalue weighted by Crippen LogP contribution is -2.48. The molecule has 1 saturated heterocycles. The molecule has 2 rings (SSSR count). The van der Waals surface area contributed by atoms with E-state index in [1.54, 1.807) is 8.99 Å². The van der Waals surface area contributed by atoms with Gasteiger partial charge in [0.25, 0.3) is 0 Å². The van der Waals surface area contributed by atoms with E-state index in [0.717, 1.165) is 25.3 Å². The minimum Gasteiger partial charge on any atom is -0.301 e. The first-order valence-electron chi connectivity index (χ1n) is 6.75. The van der Waals surface area contributed by atoms with Crippen LogP contribution in [-0.2, 0) is 16.6 Å². The highest BCUT2D eigenvalue weighted by atomic mass is 32.2. The summed E-state index contributed by atoms with van der Waals surface area (Å²) >= 11 is 0. The zero-order valence-corrected chi connectivity index (χ0v) is 12.7. The van der Waals surface area contributed by atoms with E-state index in [2.05, 4.69) is 16.9 Å². The molecular formula is C12H22N4O2S. The van der Waals surface area contributed by atoms with Crippen LogP contribution in [-0.4, -0.2) is 60.1 Å². The van der Waals surface area contributed by atoms with E-state index in [0.29, 0.717) is 24.5 Å². The topological polar surface area (TPSA) is 58.4 Å². The predicted octanol–water partition coefficient (Wildman–Crippen LogP) is 0.538. The van der Waals surface area contributed by atoms with Crippen molar-refractivity contribution < 1.29 is 8.42 Å². The summed E-state index contributed by atoms with van der Waals surface area (Å²) in [5, 5.41) is 4.13. The number of likely N-dealkylation sites (N-methyl/N-ethyl adjacent to an activating group) is 1. The van der Waals surface area contributed by atoms with Gasteiger partial charge < -0.3 is 4.90 Å². The molecule has 0 atom stereocenters. The predicted molar refractivity (Wildman–Crippen MR) is 73.5 cm³/mol. The highest BCUT2D eigenvalue weighted by Gasteiger charge is 2.30. The fourth-order valence-corrected chi connectivity index (χ4v) is 4.01. The van der Waals surface area contributed by atoms with E-state index in [-0.39, 0.29) is 0 Å². The highest BCUT2D eigenvalue weighted by molar-refractivity contribution is 7.89. The maximum atomic E-state index is 12.6. The second-order valence-corrected chi connectivity index (χ2v) is 6.65. The molecule has 0 bridgehead atoms. The molecule has 0 amide bonds. The molecule has 7 heteroatoms. The van der Waals surface area contributed by atoms with Crippen molar-refractivity contribution in [3.63, 3.8) is 0 Å². The van der Waals surface area contributed by atoms with Gasteiger partial charge >= 0.3 is 0 Å². The number of hydrogen-bond acceptors (Lipinski definition) is 4. The van der Waals surface area contributed by atoms with Gasteiger partial charge in [0.1, 0.15) is 4.90 Å². The molecule has 19 heavy (non-hydrogen) atoms. The molecule has 0 N–H and O–H groups in total. The summed E-state index contributed by atoms with van der Waals surface area (Å²) in [6.07, 6.45) is 1.47. The van der Waals surface area contributed by atoms with Gasteiger partial charge in [0.05, 0.1) is 11.9 Å². The molecule has 0 radical (unpaired) electrons. The van der Waals surface area contributed by atoms with Crippen molar-refractivity contribution in [1.82, 2.24) is 19.0 Å². The normalized spacial score (nSPS) is 18.9. The van der Waals surface area contributed by atoms with Crippen molar-refractivity contribution in [2.75, 3.05) is 32.7 Å². The van der Waals surface area contributed by atoms with Gasteiger partial charge in [-0.05, 0) is 20.4 Å². The first-order valence-corrected chi connectivity index (χ1v) is 8.19. The lowest BCUT2D eigenvalue weighted by molar-refractivity contribution is 0.196. The van der Waals surface area contributed by atoms with Crippen LogP contribution in [0.15, 0.2) is 11.1 Å². The molecule has 2 heterocycles. The van der Waals surface area contributed by atoms with Crippen LogP contribution in [0.4, 0.5) is 0 Å². The van der Waals surface area contributed by atoms with Crippen molar-refractivity contribution in [1.29, 1.82) is 0 Å². The van der Waals surface area contributed by atoms with Crippen LogP contribution in [0, 0.1) is 6.92 Å². The van der Waals surface area contributed by atoms with E-state index < -0.39 is 10.0 Å². The Hall–Kier alpha value is -0.920. The third-order valence-corrected chi connectivity index (χ3v) is 5.76. The quantitative estimate of drug-likeness (QED) is 0.810. The second kappa shape index (κ2) is 5.60. The molecular weight excluding hydrogens is 264 g/mol. The number of hydrogen-bond donors (Lipinski definition) is 0. The van der Waals surface area contributed by atoms with Crippen molar-refractivity contribution in [3.8, 4) is 0 Å². The fourth-order valence-electron chi connectivity index (χ4n) is 2.43. The van der Waals surface area contributed by atoms with Crippen molar-refractivity contribution in [3.05, 3.63) is 11.9 Å². The Bertz CT molecular complexity index is 530. The van der Waals surface area contributed by atoms with Gasteiger partial charge in [-0.2, -0.15) is 9.40 Å². The number of sulfonamides is 1. The van der Waals surface area contributed by atoms with Crippen LogP contribution in [0.2, 0.25) is 0 Å². The average molecular weight is 286 g/mol. The maximum Gasteiger partial charge on any atom is 0.246 e. The molecule has 0 unspecified atom stereocenters. The number of aryl methyl sites for hydroxylation is 1. The van der Waals surface area contributed by atoms with Crippen LogP contribution in [0.1, 0.15) is 19.5 Å². The fraction of sp³-hybridized carbons (Fsp3) is 0.750. The molecule has 1 aliphatic rings. The summed E-state index contributed by atoms with van der Waals surface area (Å²) in [6, 6.07) is 0. The SMILES string of the molecule is CCN1CCN(S(=O)(=O)c2cnn(CC)c2C)CC1. The van der Waals surface area contributed by atoms with Crippen LogP contribution in [0.5, 0.6) is 0 Å². The van der Waals surface area contributed by atoms with Crippen molar-refractivity contribution >= 4 is 10.0 Å². The summed E-state index contributed by atoms with van der Waals surface area (Å²) in [6.45, 7) is 10.3. The smallest absolute Gasteiger partial charge is 0.246 e. The summed E-state index contributed by atoms with van der Waals surface area (Å²) in [4.78, 5) is 2.60. The Morgan fingerprint density at radius 1 is 1.16 bits per heavy atom. The Morgan fingerprint density at radius 3 is 2.26 bits per heavy atom. The lowest BCUT2D eigenvalue weighted by atomic mass is 10.4. The van der Waals surface area contributed by atoms with Crippen molar-refractivity contribution in [2.24, 2.45) is 0 Å². The zero-order valence-electron chi connectivity index (χ0n) is 11.8. The van der Waals surface area contributed by atoms with E-state index in [4.69, 9.17) is 0 Å². The number of aromatic nitrogens is 2. The second-order valence-electron chi connectivity index (χ2n) is 4.75. The van der Waals surface area contributed by atoms with Crippen LogP contribution < -0.4 is 0 Å². The number of rotatable bonds is 4. The lowest BCUT2D eigenvalue weighted by Gasteiger charge is -2.33. The van der Waals surface area contributed by atoms with Gasteiger partial charge in [0, 0.05) is 32.7 Å². The monoisotopic (exact) mass is 286 g/mol. The maximum absolute atomic E-state index is 12.6. The summed E-state index contributed by atoms with van der Waals surface area (Å²) in [5.74, 6) is 0. The first-order chi connectivity index (χ1) is 9.00. The zero-order chi connectivity index (χ0) is 14.0. The Balaban J connectivity index is 2.21. The van der Waals surface area contributed by atoms with Crippen molar-refractivity contribution in [2.45, 2.75) is 32.2 Å². The minimum absolute atomic E-state index is 0.347. The first kappa shape index (κ1) is 14.5. The Labute approximate surface area is 115 Å². The van der Waals surface area contributed by atoms with E-state index in [9.17, 15) is 8.42 Å². The van der Waals surface area contributed by atoms with E-state index >= 15 is 0 Å². The average Bonchev–Trinajstić information content (AvgIpc) is 2.80. The van der Waals surface area contributed by atoms with Gasteiger partial charge in [-0.25, -0.2) is 8.42 Å². The molecule has 1 aliphatic heterocycles. The minimum atomic E-state index is -3.39. The summed E-state index contributed by atoms with van der Waals surface area (Å²) in [5.41, 5.74) is 0.723. The molecule has 0 saturated carbocycles. The molecule has 1 aromatic heterocycles. The number of piperazine rings is 1. The highest BCUT2D eigenvalue weighted by Crippen LogP contribution is 2.20. The van der Waals surface area contributed by atoms with E-state index in [1.807, 2.05) is 13.8 Å². The molecule has 108 valence electrons. The molecule has 0 aliphatic carbocycles. The third kappa shape index (κ3) is 2.68. The molecule has 0 aromatic carbocycles. The number of nitrogens with zero attached hydrogens (tertiary/aromatic N) is 4. The molecule has 6 nitrogen and oxygen atoms in total. The largest absolute Gasteiger partial charge is 0.301 e.